The molecule has 0 spiro atoms. The Morgan fingerprint density at radius 3 is 1.39 bits per heavy atom. The number of benzene rings is 3. The van der Waals surface area contributed by atoms with Gasteiger partial charge in [-0.15, -0.1) is 0 Å². The van der Waals surface area contributed by atoms with Gasteiger partial charge in [-0.1, -0.05) is 90.1 Å². The molecule has 23 heteroatoms. The first kappa shape index (κ1) is 72.6. The van der Waals surface area contributed by atoms with Gasteiger partial charge in [0.1, 0.15) is 41.1 Å². The zero-order valence-electron chi connectivity index (χ0n) is 58.0. The van der Waals surface area contributed by atoms with Crippen LogP contribution in [0.2, 0.25) is 0 Å². The first-order valence-electron chi connectivity index (χ1n) is 32.6. The molecule has 510 valence electrons. The van der Waals surface area contributed by atoms with Crippen LogP contribution >= 0.6 is 0 Å². The maximum Gasteiger partial charge on any atom is 0.410 e. The van der Waals surface area contributed by atoms with Crippen LogP contribution in [0.4, 0.5) is 15.3 Å². The summed E-state index contributed by atoms with van der Waals surface area (Å²) in [5, 5.41) is 18.8. The van der Waals surface area contributed by atoms with E-state index in [1.54, 1.807) is 83.2 Å². The van der Waals surface area contributed by atoms with Crippen LogP contribution in [0.15, 0.2) is 66.7 Å². The van der Waals surface area contributed by atoms with Crippen molar-refractivity contribution in [2.45, 2.75) is 233 Å². The fourth-order valence-corrected chi connectivity index (χ4v) is 12.7. The first-order valence-corrected chi connectivity index (χ1v) is 32.6. The van der Waals surface area contributed by atoms with Gasteiger partial charge in [0.25, 0.3) is 11.8 Å². The predicted octanol–water partition coefficient (Wildman–Crippen LogP) is 7.46. The third kappa shape index (κ3) is 17.9. The van der Waals surface area contributed by atoms with Crippen molar-refractivity contribution in [1.82, 2.24) is 51.5 Å². The molecule has 3 aromatic carbocycles. The van der Waals surface area contributed by atoms with E-state index in [4.69, 9.17) is 19.9 Å². The number of fused-ring (bicyclic) bond motifs is 2. The predicted molar refractivity (Wildman–Crippen MR) is 354 cm³/mol. The Kier molecular flexibility index (Phi) is 22.5. The lowest BCUT2D eigenvalue weighted by molar-refractivity contribution is -0.148. The lowest BCUT2D eigenvalue weighted by Gasteiger charge is -2.45. The molecule has 2 saturated heterocycles. The van der Waals surface area contributed by atoms with Crippen molar-refractivity contribution in [3.05, 3.63) is 100 Å². The van der Waals surface area contributed by atoms with Crippen LogP contribution in [0, 0.1) is 10.8 Å². The molecule has 2 aliphatic carbocycles. The molecule has 93 heavy (non-hydrogen) atoms. The summed E-state index contributed by atoms with van der Waals surface area (Å²) >= 11 is 0. The SMILES string of the molecule is COC(C)(N[C@H](C(=O)N1C[C@@H](NC(=O)c2cc(N)cc(C(=O)N[C@H]3C[C@@H](C(=O)N[C@@H]4CCCc5ccccc54)N(C(=O)[C@@H](NC(=O)[C@H](C)N(C)C(=O)OC(C)(C)C)C(C)(C)C)C3)c2)C[C@H]1C(=O)N[C@@H]1CCCc2ccccc21)C(C)(C)C)[C@H](C)N(C)C(=O)OC(C)(C)C. The number of nitrogens with zero attached hydrogens (tertiary/aromatic N) is 4. The monoisotopic (exact) mass is 1290 g/mol. The lowest BCUT2D eigenvalue weighted by atomic mass is 9.84. The van der Waals surface area contributed by atoms with Gasteiger partial charge >= 0.3 is 12.2 Å². The van der Waals surface area contributed by atoms with Crippen LogP contribution in [0.1, 0.15) is 197 Å². The molecule has 2 fully saturated rings. The van der Waals surface area contributed by atoms with E-state index in [0.29, 0.717) is 12.8 Å². The Morgan fingerprint density at radius 1 is 0.570 bits per heavy atom. The van der Waals surface area contributed by atoms with E-state index in [2.05, 4.69) is 38.0 Å². The molecule has 7 rings (SSSR count). The zero-order valence-corrected chi connectivity index (χ0v) is 58.0. The normalized spacial score (nSPS) is 21.8. The number of aryl methyl sites for hydroxylation is 2. The number of likely N-dealkylation sites (tertiary alicyclic amines) is 2. The molecule has 1 unspecified atom stereocenters. The minimum absolute atomic E-state index is 0.00666. The van der Waals surface area contributed by atoms with Crippen molar-refractivity contribution in [3.63, 3.8) is 0 Å². The third-order valence-corrected chi connectivity index (χ3v) is 18.4. The third-order valence-electron chi connectivity index (χ3n) is 18.4. The first-order chi connectivity index (χ1) is 43.2. The zero-order chi connectivity index (χ0) is 69.0. The van der Waals surface area contributed by atoms with Crippen LogP contribution in [-0.4, -0.2) is 173 Å². The highest BCUT2D eigenvalue weighted by atomic mass is 16.6. The van der Waals surface area contributed by atoms with E-state index < -0.39 is 130 Å². The number of nitrogens with two attached hydrogens (primary N) is 1. The summed E-state index contributed by atoms with van der Waals surface area (Å²) in [5.41, 5.74) is 6.15. The van der Waals surface area contributed by atoms with Gasteiger partial charge in [-0.3, -0.25) is 43.8 Å². The number of methoxy groups -OCH3 is 1. The van der Waals surface area contributed by atoms with E-state index in [1.807, 2.05) is 63.2 Å². The van der Waals surface area contributed by atoms with E-state index in [9.17, 15) is 33.6 Å². The fourth-order valence-electron chi connectivity index (χ4n) is 12.7. The molecule has 23 nitrogen and oxygen atoms in total. The summed E-state index contributed by atoms with van der Waals surface area (Å²) < 4.78 is 17.3. The maximum atomic E-state index is 15.5. The molecular weight excluding hydrogens is 1190 g/mol. The Labute approximate surface area is 549 Å². The van der Waals surface area contributed by atoms with Crippen molar-refractivity contribution in [1.29, 1.82) is 0 Å². The number of ether oxygens (including phenoxy) is 3. The van der Waals surface area contributed by atoms with Crippen LogP contribution in [-0.2, 0) is 51.0 Å². The summed E-state index contributed by atoms with van der Waals surface area (Å²) in [6.07, 6.45) is 3.46. The molecule has 2 aliphatic heterocycles. The molecule has 0 radical (unpaired) electrons. The van der Waals surface area contributed by atoms with Gasteiger partial charge in [0.15, 0.2) is 0 Å². The van der Waals surface area contributed by atoms with Crippen LogP contribution in [0.5, 0.6) is 0 Å². The number of nitrogen functional groups attached to an aromatic ring is 1. The molecule has 11 atom stereocenters. The van der Waals surface area contributed by atoms with E-state index in [0.717, 1.165) is 52.8 Å². The Balaban J connectivity index is 1.13. The van der Waals surface area contributed by atoms with Gasteiger partial charge in [0.2, 0.25) is 29.5 Å². The maximum absolute atomic E-state index is 15.5. The smallest absolute Gasteiger partial charge is 0.410 e. The fraction of sp³-hybridized carbons (Fsp3) is 0.614. The topological polar surface area (TPSA) is 292 Å². The van der Waals surface area contributed by atoms with Crippen LogP contribution in [0.25, 0.3) is 0 Å². The summed E-state index contributed by atoms with van der Waals surface area (Å²) in [6, 6.07) is 11.7. The van der Waals surface area contributed by atoms with E-state index in [-0.39, 0.29) is 54.8 Å². The Bertz CT molecular complexity index is 3270. The number of nitrogens with one attached hydrogen (secondary N) is 6. The number of carbonyl (C=O) groups excluding carboxylic acids is 9. The molecule has 8 N–H and O–H groups in total. The number of anilines is 1. The average Bonchev–Trinajstić information content (AvgIpc) is 1.73. The number of carbonyl (C=O) groups is 9. The van der Waals surface area contributed by atoms with Gasteiger partial charge in [0, 0.05) is 63.2 Å². The minimum atomic E-state index is -1.34. The highest BCUT2D eigenvalue weighted by Crippen LogP contribution is 2.35. The van der Waals surface area contributed by atoms with Crippen molar-refractivity contribution in [2.24, 2.45) is 10.8 Å². The Hall–Kier alpha value is -7.79. The largest absolute Gasteiger partial charge is 0.444 e. The van der Waals surface area contributed by atoms with Crippen molar-refractivity contribution >= 4 is 59.2 Å². The summed E-state index contributed by atoms with van der Waals surface area (Å²) in [5.74, 6) is -3.76. The minimum Gasteiger partial charge on any atom is -0.444 e. The average molecular weight is 1290 g/mol. The molecule has 9 amide bonds. The molecule has 0 bridgehead atoms. The summed E-state index contributed by atoms with van der Waals surface area (Å²) in [6.45, 7) is 26.3. The standard InChI is InChI=1S/C70H103N11O12/c1-40(78(16)64(89)92-68(9,10)11)57(82)76-55(66(3,4)5)62(87)80-38-47(36-53(80)60(85)74-51-31-23-27-42-25-19-21-29-49(42)51)72-58(83)44-33-45(35-46(71)34-44)59(84)73-48-37-54(61(86)75-52-32-24-28-43-26-20-22-30-50(43)52)81(39-48)63(88)56(67(6,7)8)77-70(15,91-18)41(2)79(17)65(90)93-69(12,13)14/h19-22,25-26,29-30,33-35,40-41,47-48,51-56,77H,23-24,27-28,31-32,36-39,71H2,1-18H3,(H,72,83)(H,73,84)(H,74,85)(H,75,86)(H,76,82)/t40-,41-,47-,48-,51+,52+,53-,54-,55+,56+,70?/m0/s1. The Morgan fingerprint density at radius 2 is 0.978 bits per heavy atom. The van der Waals surface area contributed by atoms with E-state index >= 15 is 9.59 Å². The molecule has 2 heterocycles. The molecule has 4 aliphatic rings. The van der Waals surface area contributed by atoms with Gasteiger partial charge in [-0.25, -0.2) is 9.59 Å². The molecule has 0 aromatic heterocycles. The number of rotatable bonds is 18. The molecule has 0 saturated carbocycles. The van der Waals surface area contributed by atoms with Gasteiger partial charge < -0.3 is 61.2 Å². The highest BCUT2D eigenvalue weighted by Gasteiger charge is 2.50. The second kappa shape index (κ2) is 28.8. The quantitative estimate of drug-likeness (QED) is 0.0481. The number of hydrogen-bond acceptors (Lipinski definition) is 14. The van der Waals surface area contributed by atoms with Gasteiger partial charge in [-0.05, 0) is 165 Å². The number of hydrogen-bond donors (Lipinski definition) is 7. The van der Waals surface area contributed by atoms with Gasteiger partial charge in [0.05, 0.1) is 24.2 Å². The second-order valence-electron chi connectivity index (χ2n) is 30.1. The van der Waals surface area contributed by atoms with Crippen molar-refractivity contribution < 1.29 is 57.4 Å². The molecule has 3 aromatic rings. The molecular formula is C70H103N11O12. The number of amides is 9. The summed E-state index contributed by atoms with van der Waals surface area (Å²) in [7, 11) is 4.50. The van der Waals surface area contributed by atoms with Gasteiger partial charge in [-0.2, -0.15) is 0 Å². The second-order valence-corrected chi connectivity index (χ2v) is 30.1. The van der Waals surface area contributed by atoms with Crippen molar-refractivity contribution in [3.8, 4) is 0 Å². The highest BCUT2D eigenvalue weighted by molar-refractivity contribution is 6.02. The van der Waals surface area contributed by atoms with Crippen LogP contribution < -0.4 is 37.6 Å². The lowest BCUT2D eigenvalue weighted by Crippen LogP contribution is -2.67. The van der Waals surface area contributed by atoms with E-state index in [1.165, 1.54) is 54.0 Å². The van der Waals surface area contributed by atoms with Crippen molar-refractivity contribution in [2.75, 3.05) is 40.0 Å². The number of likely N-dealkylation sites (N-methyl/N-ethyl adjacent to an activating group) is 2. The summed E-state index contributed by atoms with van der Waals surface area (Å²) in [4.78, 5) is 135. The van der Waals surface area contributed by atoms with Crippen LogP contribution in [0.3, 0.4) is 0 Å².